The number of aliphatic hydroxyl groups is 1. The van der Waals surface area contributed by atoms with Crippen molar-refractivity contribution in [3.63, 3.8) is 0 Å². The lowest BCUT2D eigenvalue weighted by molar-refractivity contribution is -0.0777. The first-order valence-electron chi connectivity index (χ1n) is 3.14. The van der Waals surface area contributed by atoms with Crippen molar-refractivity contribution in [1.82, 2.24) is 4.90 Å². The van der Waals surface area contributed by atoms with E-state index in [-0.39, 0.29) is 5.92 Å². The van der Waals surface area contributed by atoms with E-state index in [2.05, 4.69) is 6.92 Å². The Labute approximate surface area is 57.5 Å². The minimum Gasteiger partial charge on any atom is -0.375 e. The van der Waals surface area contributed by atoms with Crippen LogP contribution in [0.1, 0.15) is 13.8 Å². The van der Waals surface area contributed by atoms with Gasteiger partial charge in [-0.25, -0.2) is 0 Å². The SMILES string of the molecule is [CH2]C(O)(C(C)C)N(C)C. The summed E-state index contributed by atoms with van der Waals surface area (Å²) in [4.78, 5) is 1.71. The summed E-state index contributed by atoms with van der Waals surface area (Å²) < 4.78 is 0. The topological polar surface area (TPSA) is 23.5 Å². The van der Waals surface area contributed by atoms with Gasteiger partial charge in [0, 0.05) is 0 Å². The third-order valence-electron chi connectivity index (χ3n) is 1.70. The fourth-order valence-corrected chi connectivity index (χ4v) is 0.516. The number of hydrogen-bond acceptors (Lipinski definition) is 2. The Morgan fingerprint density at radius 1 is 1.44 bits per heavy atom. The first-order valence-corrected chi connectivity index (χ1v) is 3.14. The zero-order valence-corrected chi connectivity index (χ0v) is 6.68. The van der Waals surface area contributed by atoms with E-state index in [1.54, 1.807) is 4.90 Å². The second-order valence-corrected chi connectivity index (χ2v) is 2.93. The number of nitrogens with zero attached hydrogens (tertiary/aromatic N) is 1. The molecule has 55 valence electrons. The molecule has 2 nitrogen and oxygen atoms in total. The molecule has 0 heterocycles. The summed E-state index contributed by atoms with van der Waals surface area (Å²) in [6, 6.07) is 0. The van der Waals surface area contributed by atoms with Crippen molar-refractivity contribution in [2.75, 3.05) is 14.1 Å². The molecule has 0 amide bonds. The van der Waals surface area contributed by atoms with E-state index in [4.69, 9.17) is 0 Å². The molecule has 9 heavy (non-hydrogen) atoms. The smallest absolute Gasteiger partial charge is 0.120 e. The van der Waals surface area contributed by atoms with E-state index >= 15 is 0 Å². The van der Waals surface area contributed by atoms with Crippen molar-refractivity contribution >= 4 is 0 Å². The van der Waals surface area contributed by atoms with E-state index < -0.39 is 5.72 Å². The zero-order valence-electron chi connectivity index (χ0n) is 6.68. The molecule has 0 aliphatic carbocycles. The highest BCUT2D eigenvalue weighted by Crippen LogP contribution is 2.16. The highest BCUT2D eigenvalue weighted by molar-refractivity contribution is 4.80. The summed E-state index contributed by atoms with van der Waals surface area (Å²) in [6.45, 7) is 7.53. The van der Waals surface area contributed by atoms with Gasteiger partial charge in [-0.2, -0.15) is 0 Å². The van der Waals surface area contributed by atoms with Crippen LogP contribution in [0.25, 0.3) is 0 Å². The Bertz CT molecular complexity index is 76.9. The van der Waals surface area contributed by atoms with Crippen LogP contribution < -0.4 is 0 Å². The van der Waals surface area contributed by atoms with E-state index in [9.17, 15) is 5.11 Å². The molecular weight excluding hydrogens is 114 g/mol. The fourth-order valence-electron chi connectivity index (χ4n) is 0.516. The standard InChI is InChI=1S/C7H16NO/c1-6(2)7(3,9)8(4)5/h6,9H,3H2,1-2,4-5H3. The minimum atomic E-state index is -0.917. The van der Waals surface area contributed by atoms with Crippen LogP contribution >= 0.6 is 0 Å². The van der Waals surface area contributed by atoms with Crippen molar-refractivity contribution < 1.29 is 5.11 Å². The number of rotatable bonds is 2. The predicted octanol–water partition coefficient (Wildman–Crippen LogP) is 0.727. The first kappa shape index (κ1) is 8.92. The van der Waals surface area contributed by atoms with Crippen LogP contribution in [-0.2, 0) is 0 Å². The Kier molecular flexibility index (Phi) is 2.65. The lowest BCUT2D eigenvalue weighted by Gasteiger charge is -2.34. The van der Waals surface area contributed by atoms with Crippen LogP contribution in [-0.4, -0.2) is 29.8 Å². The van der Waals surface area contributed by atoms with Crippen LogP contribution in [0.5, 0.6) is 0 Å². The molecule has 0 aromatic rings. The molecule has 0 saturated heterocycles. The molecule has 1 atom stereocenters. The van der Waals surface area contributed by atoms with Crippen molar-refractivity contribution in [2.45, 2.75) is 19.6 Å². The Morgan fingerprint density at radius 3 is 1.78 bits per heavy atom. The van der Waals surface area contributed by atoms with Crippen molar-refractivity contribution in [2.24, 2.45) is 5.92 Å². The fraction of sp³-hybridized carbons (Fsp3) is 0.857. The van der Waals surface area contributed by atoms with Gasteiger partial charge in [-0.1, -0.05) is 13.8 Å². The molecule has 0 spiro atoms. The van der Waals surface area contributed by atoms with Gasteiger partial charge >= 0.3 is 0 Å². The van der Waals surface area contributed by atoms with E-state index in [1.807, 2.05) is 27.9 Å². The normalized spacial score (nSPS) is 18.7. The summed E-state index contributed by atoms with van der Waals surface area (Å²) in [5, 5.41) is 9.48. The maximum absolute atomic E-state index is 9.48. The number of hydrogen-bond donors (Lipinski definition) is 1. The molecule has 2 heteroatoms. The lowest BCUT2D eigenvalue weighted by Crippen LogP contribution is -2.45. The average molecular weight is 130 g/mol. The molecule has 1 unspecified atom stereocenters. The van der Waals surface area contributed by atoms with E-state index in [1.165, 1.54) is 0 Å². The van der Waals surface area contributed by atoms with Crippen molar-refractivity contribution in [1.29, 1.82) is 0 Å². The minimum absolute atomic E-state index is 0.160. The summed E-state index contributed by atoms with van der Waals surface area (Å²) in [5.74, 6) is 0.160. The van der Waals surface area contributed by atoms with Gasteiger partial charge in [-0.15, -0.1) is 0 Å². The lowest BCUT2D eigenvalue weighted by atomic mass is 10.0. The van der Waals surface area contributed by atoms with Crippen molar-refractivity contribution in [3.8, 4) is 0 Å². The van der Waals surface area contributed by atoms with E-state index in [0.29, 0.717) is 0 Å². The summed E-state index contributed by atoms with van der Waals surface area (Å²) in [5.41, 5.74) is -0.917. The Balaban J connectivity index is 4.01. The Morgan fingerprint density at radius 2 is 1.78 bits per heavy atom. The van der Waals surface area contributed by atoms with Gasteiger partial charge in [0.2, 0.25) is 0 Å². The molecular formula is C7H16NO. The monoisotopic (exact) mass is 130 g/mol. The molecule has 0 aromatic heterocycles. The molecule has 0 rings (SSSR count). The quantitative estimate of drug-likeness (QED) is 0.557. The van der Waals surface area contributed by atoms with Gasteiger partial charge in [0.15, 0.2) is 0 Å². The molecule has 0 saturated carbocycles. The van der Waals surface area contributed by atoms with Crippen LogP contribution in [0.15, 0.2) is 0 Å². The Hall–Kier alpha value is -0.0800. The van der Waals surface area contributed by atoms with Crippen LogP contribution in [0.4, 0.5) is 0 Å². The maximum atomic E-state index is 9.48. The molecule has 0 aliphatic heterocycles. The highest BCUT2D eigenvalue weighted by Gasteiger charge is 2.26. The summed E-state index contributed by atoms with van der Waals surface area (Å²) in [6.07, 6.45) is 0. The second kappa shape index (κ2) is 2.67. The maximum Gasteiger partial charge on any atom is 0.120 e. The first-order chi connectivity index (χ1) is 3.89. The van der Waals surface area contributed by atoms with Crippen LogP contribution in [0.3, 0.4) is 0 Å². The van der Waals surface area contributed by atoms with E-state index in [0.717, 1.165) is 0 Å². The average Bonchev–Trinajstić information content (AvgIpc) is 1.65. The molecule has 1 radical (unpaired) electrons. The largest absolute Gasteiger partial charge is 0.375 e. The molecule has 0 fully saturated rings. The molecule has 0 aliphatic rings. The zero-order chi connectivity index (χ0) is 7.65. The highest BCUT2D eigenvalue weighted by atomic mass is 16.3. The van der Waals surface area contributed by atoms with Gasteiger partial charge in [0.05, 0.1) is 0 Å². The van der Waals surface area contributed by atoms with Crippen molar-refractivity contribution in [3.05, 3.63) is 6.92 Å². The van der Waals surface area contributed by atoms with Gasteiger partial charge in [-0.05, 0) is 26.9 Å². The summed E-state index contributed by atoms with van der Waals surface area (Å²) in [7, 11) is 3.62. The second-order valence-electron chi connectivity index (χ2n) is 2.93. The third kappa shape index (κ3) is 1.95. The molecule has 0 bridgehead atoms. The van der Waals surface area contributed by atoms with Gasteiger partial charge < -0.3 is 5.11 Å². The van der Waals surface area contributed by atoms with Crippen LogP contribution in [0.2, 0.25) is 0 Å². The van der Waals surface area contributed by atoms with Gasteiger partial charge in [0.25, 0.3) is 0 Å². The summed E-state index contributed by atoms with van der Waals surface area (Å²) >= 11 is 0. The van der Waals surface area contributed by atoms with Gasteiger partial charge in [0.1, 0.15) is 5.72 Å². The predicted molar refractivity (Wildman–Crippen MR) is 38.8 cm³/mol. The van der Waals surface area contributed by atoms with Crippen LogP contribution in [0, 0.1) is 12.8 Å². The third-order valence-corrected chi connectivity index (χ3v) is 1.70. The van der Waals surface area contributed by atoms with Gasteiger partial charge in [-0.3, -0.25) is 4.90 Å². The molecule has 1 N–H and O–H groups in total. The molecule has 0 aromatic carbocycles.